The second-order valence-electron chi connectivity index (χ2n) is 7.30. The Kier molecular flexibility index (Phi) is 6.34. The summed E-state index contributed by atoms with van der Waals surface area (Å²) in [6.07, 6.45) is 2.76. The molecule has 0 N–H and O–H groups in total. The molecule has 0 atom stereocenters. The van der Waals surface area contributed by atoms with Crippen molar-refractivity contribution in [2.75, 3.05) is 12.1 Å². The molecular weight excluding hydrogens is 474 g/mol. The van der Waals surface area contributed by atoms with E-state index < -0.39 is 27.9 Å². The number of esters is 1. The van der Waals surface area contributed by atoms with Crippen LogP contribution in [-0.4, -0.2) is 42.6 Å². The minimum absolute atomic E-state index is 0.0377. The molecule has 0 saturated heterocycles. The number of aromatic nitrogens is 1. The van der Waals surface area contributed by atoms with Crippen LogP contribution in [0.15, 0.2) is 83.5 Å². The lowest BCUT2D eigenvalue weighted by atomic mass is 10.2. The number of carbonyl (C=O) groups excluding carboxylic acids is 3. The lowest BCUT2D eigenvalue weighted by Gasteiger charge is -2.29. The van der Waals surface area contributed by atoms with Crippen LogP contribution in [0.25, 0.3) is 6.08 Å². The fourth-order valence-electron chi connectivity index (χ4n) is 3.33. The Morgan fingerprint density at radius 1 is 0.943 bits per heavy atom. The Bertz CT molecular complexity index is 1450. The quantitative estimate of drug-likeness (QED) is 0.309. The van der Waals surface area contributed by atoms with Crippen molar-refractivity contribution in [1.82, 2.24) is 9.29 Å². The highest BCUT2D eigenvalue weighted by Gasteiger charge is 2.37. The number of sulfonamides is 1. The average Bonchev–Trinajstić information content (AvgIpc) is 2.85. The molecule has 1 aromatic heterocycles. The number of hydrogen-bond acceptors (Lipinski definition) is 8. The normalized spacial score (nSPS) is 13.8. The van der Waals surface area contributed by atoms with E-state index in [0.717, 1.165) is 4.31 Å². The SMILES string of the molecule is CC(=O)Oc1ccccc1C(=O)ON(C(=O)C1=Cc2ccccc2S(=O)(=O)N1C)c1ccccn1. The highest BCUT2D eigenvalue weighted by Crippen LogP contribution is 2.31. The summed E-state index contributed by atoms with van der Waals surface area (Å²) in [6.45, 7) is 1.18. The molecule has 0 bridgehead atoms. The second kappa shape index (κ2) is 9.39. The van der Waals surface area contributed by atoms with E-state index in [-0.39, 0.29) is 27.7 Å². The van der Waals surface area contributed by atoms with Crippen LogP contribution in [0, 0.1) is 0 Å². The number of carbonyl (C=O) groups is 3. The van der Waals surface area contributed by atoms with Gasteiger partial charge in [0.1, 0.15) is 17.0 Å². The Morgan fingerprint density at radius 2 is 1.63 bits per heavy atom. The van der Waals surface area contributed by atoms with Gasteiger partial charge in [-0.25, -0.2) is 18.2 Å². The van der Waals surface area contributed by atoms with E-state index in [1.54, 1.807) is 36.4 Å². The largest absolute Gasteiger partial charge is 0.426 e. The highest BCUT2D eigenvalue weighted by molar-refractivity contribution is 7.89. The molecule has 0 aliphatic carbocycles. The van der Waals surface area contributed by atoms with Gasteiger partial charge in [0.25, 0.3) is 10.0 Å². The minimum Gasteiger partial charge on any atom is -0.426 e. The average molecular weight is 493 g/mol. The molecule has 4 rings (SSSR count). The zero-order chi connectivity index (χ0) is 25.2. The molecule has 35 heavy (non-hydrogen) atoms. The van der Waals surface area contributed by atoms with Gasteiger partial charge in [0.05, 0.1) is 4.90 Å². The van der Waals surface area contributed by atoms with Crippen LogP contribution in [0.5, 0.6) is 5.75 Å². The number of anilines is 1. The fraction of sp³-hybridized carbons (Fsp3) is 0.0833. The molecule has 10 nitrogen and oxygen atoms in total. The molecule has 11 heteroatoms. The van der Waals surface area contributed by atoms with Crippen molar-refractivity contribution < 1.29 is 32.4 Å². The van der Waals surface area contributed by atoms with Gasteiger partial charge in [0.2, 0.25) is 0 Å². The number of ether oxygens (including phenoxy) is 1. The van der Waals surface area contributed by atoms with Crippen LogP contribution in [0.1, 0.15) is 22.8 Å². The number of benzene rings is 2. The molecule has 1 aliphatic rings. The predicted molar refractivity (Wildman–Crippen MR) is 124 cm³/mol. The molecule has 0 saturated carbocycles. The van der Waals surface area contributed by atoms with Crippen molar-refractivity contribution >= 4 is 39.8 Å². The first-order chi connectivity index (χ1) is 16.7. The summed E-state index contributed by atoms with van der Waals surface area (Å²) in [7, 11) is -2.81. The molecule has 0 unspecified atom stereocenters. The van der Waals surface area contributed by atoms with E-state index >= 15 is 0 Å². The third-order valence-corrected chi connectivity index (χ3v) is 6.83. The van der Waals surface area contributed by atoms with Gasteiger partial charge in [-0.2, -0.15) is 0 Å². The molecular formula is C24H19N3O7S. The Hall–Kier alpha value is -4.51. The molecule has 178 valence electrons. The third-order valence-electron chi connectivity index (χ3n) is 4.98. The number of likely N-dealkylation sites (N-methyl/N-ethyl adjacent to an activating group) is 1. The maximum absolute atomic E-state index is 13.6. The van der Waals surface area contributed by atoms with E-state index in [4.69, 9.17) is 9.57 Å². The Balaban J connectivity index is 1.75. The van der Waals surface area contributed by atoms with Gasteiger partial charge in [0.15, 0.2) is 5.82 Å². The van der Waals surface area contributed by atoms with Crippen molar-refractivity contribution in [3.63, 3.8) is 0 Å². The zero-order valence-corrected chi connectivity index (χ0v) is 19.4. The summed E-state index contributed by atoms with van der Waals surface area (Å²) in [5, 5.41) is 0.596. The summed E-state index contributed by atoms with van der Waals surface area (Å²) in [5.74, 6) is -2.77. The van der Waals surface area contributed by atoms with Gasteiger partial charge >= 0.3 is 17.8 Å². The molecule has 0 spiro atoms. The van der Waals surface area contributed by atoms with E-state index in [1.807, 2.05) is 0 Å². The Morgan fingerprint density at radius 3 is 2.34 bits per heavy atom. The topological polar surface area (TPSA) is 123 Å². The number of hydrogen-bond donors (Lipinski definition) is 0. The number of rotatable bonds is 4. The molecule has 0 radical (unpaired) electrons. The van der Waals surface area contributed by atoms with E-state index in [0.29, 0.717) is 10.6 Å². The summed E-state index contributed by atoms with van der Waals surface area (Å²) < 4.78 is 31.9. The van der Waals surface area contributed by atoms with Gasteiger partial charge in [0, 0.05) is 20.2 Å². The molecule has 2 aromatic carbocycles. The lowest BCUT2D eigenvalue weighted by molar-refractivity contribution is -0.132. The summed E-state index contributed by atoms with van der Waals surface area (Å²) in [4.78, 5) is 47.5. The fourth-order valence-corrected chi connectivity index (χ4v) is 4.69. The van der Waals surface area contributed by atoms with Crippen molar-refractivity contribution in [2.45, 2.75) is 11.8 Å². The van der Waals surface area contributed by atoms with Crippen molar-refractivity contribution in [3.8, 4) is 5.75 Å². The van der Waals surface area contributed by atoms with Gasteiger partial charge in [-0.05, 0) is 42.0 Å². The molecule has 0 fully saturated rings. The summed E-state index contributed by atoms with van der Waals surface area (Å²) in [6, 6.07) is 16.6. The van der Waals surface area contributed by atoms with Crippen LogP contribution in [0.3, 0.4) is 0 Å². The van der Waals surface area contributed by atoms with Gasteiger partial charge < -0.3 is 9.57 Å². The van der Waals surface area contributed by atoms with Gasteiger partial charge in [-0.15, -0.1) is 5.06 Å². The molecule has 3 aromatic rings. The van der Waals surface area contributed by atoms with Crippen molar-refractivity contribution in [1.29, 1.82) is 0 Å². The van der Waals surface area contributed by atoms with Crippen molar-refractivity contribution in [3.05, 3.63) is 89.8 Å². The Labute approximate surface area is 201 Å². The van der Waals surface area contributed by atoms with Crippen LogP contribution < -0.4 is 9.80 Å². The molecule has 1 amide bonds. The van der Waals surface area contributed by atoms with E-state index in [2.05, 4.69) is 4.98 Å². The van der Waals surface area contributed by atoms with E-state index in [1.165, 1.54) is 56.6 Å². The number of pyridine rings is 1. The van der Waals surface area contributed by atoms with Crippen LogP contribution >= 0.6 is 0 Å². The number of nitrogens with zero attached hydrogens (tertiary/aromatic N) is 3. The van der Waals surface area contributed by atoms with Crippen LogP contribution in [-0.2, 0) is 24.4 Å². The van der Waals surface area contributed by atoms with Crippen molar-refractivity contribution in [2.24, 2.45) is 0 Å². The molecule has 2 heterocycles. The number of fused-ring (bicyclic) bond motifs is 1. The van der Waals surface area contributed by atoms with Crippen LogP contribution in [0.4, 0.5) is 5.82 Å². The molecule has 1 aliphatic heterocycles. The standard InChI is InChI=1S/C24H19N3O7S/c1-16(28)33-20-11-5-4-10-18(20)24(30)34-27(22-13-7-8-14-25-22)23(29)19-15-17-9-3-6-12-21(17)35(31,32)26(19)2/h3-15H,1-2H3. The lowest BCUT2D eigenvalue weighted by Crippen LogP contribution is -2.42. The predicted octanol–water partition coefficient (Wildman–Crippen LogP) is 2.79. The third kappa shape index (κ3) is 4.62. The number of amides is 1. The summed E-state index contributed by atoms with van der Waals surface area (Å²) in [5.41, 5.74) is -0.0859. The van der Waals surface area contributed by atoms with Gasteiger partial charge in [-0.3, -0.25) is 13.9 Å². The maximum atomic E-state index is 13.6. The summed E-state index contributed by atoms with van der Waals surface area (Å²) >= 11 is 0. The second-order valence-corrected chi connectivity index (χ2v) is 9.23. The first-order valence-electron chi connectivity index (χ1n) is 10.2. The monoisotopic (exact) mass is 493 g/mol. The smallest absolute Gasteiger partial charge is 0.367 e. The first-order valence-corrected chi connectivity index (χ1v) is 11.7. The number of para-hydroxylation sites is 1. The highest BCUT2D eigenvalue weighted by atomic mass is 32.2. The van der Waals surface area contributed by atoms with E-state index in [9.17, 15) is 22.8 Å². The maximum Gasteiger partial charge on any atom is 0.367 e. The first kappa shape index (κ1) is 23.6. The minimum atomic E-state index is -4.03. The van der Waals surface area contributed by atoms with Crippen LogP contribution in [0.2, 0.25) is 0 Å². The number of hydroxylamine groups is 1. The zero-order valence-electron chi connectivity index (χ0n) is 18.6. The van der Waals surface area contributed by atoms with Gasteiger partial charge in [-0.1, -0.05) is 36.4 Å².